The predicted molar refractivity (Wildman–Crippen MR) is 129 cm³/mol. The number of fused-ring (bicyclic) bond motifs is 3. The van der Waals surface area contributed by atoms with Gasteiger partial charge in [0.2, 0.25) is 0 Å². The molecule has 0 atom stereocenters. The Balaban J connectivity index is 2.72. The molecule has 28 heavy (non-hydrogen) atoms. The molecule has 0 radical (unpaired) electrons. The second-order valence-corrected chi connectivity index (χ2v) is 8.25. The Morgan fingerprint density at radius 3 is 1.25 bits per heavy atom. The smallest absolute Gasteiger partial charge is 0.0503 e. The fourth-order valence-corrected chi connectivity index (χ4v) is 6.13. The number of hydrogen-bond acceptors (Lipinski definition) is 1. The SMILES string of the molecule is CCc1c(S)c(CC)c2c([nH]c3c(CC)c(CC)c(CC)c(CC)c32)c1CC. The predicted octanol–water partition coefficient (Wildman–Crippen LogP) is 7.55. The van der Waals surface area contributed by atoms with Crippen molar-refractivity contribution < 1.29 is 0 Å². The average molecular weight is 396 g/mol. The summed E-state index contributed by atoms with van der Waals surface area (Å²) < 4.78 is 0. The molecule has 1 aromatic heterocycles. The molecule has 0 bridgehead atoms. The monoisotopic (exact) mass is 395 g/mol. The van der Waals surface area contributed by atoms with E-state index in [4.69, 9.17) is 12.6 Å². The van der Waals surface area contributed by atoms with Crippen LogP contribution in [0.3, 0.4) is 0 Å². The van der Waals surface area contributed by atoms with Crippen LogP contribution in [0.4, 0.5) is 0 Å². The van der Waals surface area contributed by atoms with Gasteiger partial charge in [0.15, 0.2) is 0 Å². The molecule has 0 unspecified atom stereocenters. The number of aryl methyl sites for hydroxylation is 4. The molecule has 0 aliphatic carbocycles. The molecule has 0 aliphatic heterocycles. The van der Waals surface area contributed by atoms with Crippen LogP contribution in [0.15, 0.2) is 4.90 Å². The topological polar surface area (TPSA) is 15.8 Å². The van der Waals surface area contributed by atoms with Gasteiger partial charge in [-0.15, -0.1) is 12.6 Å². The number of aromatic amines is 1. The van der Waals surface area contributed by atoms with Crippen LogP contribution < -0.4 is 0 Å². The maximum atomic E-state index is 5.06. The first-order valence-corrected chi connectivity index (χ1v) is 11.8. The molecule has 152 valence electrons. The highest BCUT2D eigenvalue weighted by Gasteiger charge is 2.24. The van der Waals surface area contributed by atoms with Gasteiger partial charge in [-0.3, -0.25) is 0 Å². The van der Waals surface area contributed by atoms with Gasteiger partial charge in [0.05, 0.1) is 11.0 Å². The van der Waals surface area contributed by atoms with E-state index in [1.807, 2.05) is 0 Å². The summed E-state index contributed by atoms with van der Waals surface area (Å²) in [5.41, 5.74) is 13.4. The Morgan fingerprint density at radius 2 is 0.821 bits per heavy atom. The summed E-state index contributed by atoms with van der Waals surface area (Å²) >= 11 is 5.06. The minimum absolute atomic E-state index is 1.03. The number of nitrogens with one attached hydrogen (secondary N) is 1. The van der Waals surface area contributed by atoms with Crippen LogP contribution in [0.5, 0.6) is 0 Å². The van der Waals surface area contributed by atoms with Crippen LogP contribution in [0.2, 0.25) is 0 Å². The minimum Gasteiger partial charge on any atom is -0.354 e. The Morgan fingerprint density at radius 1 is 0.464 bits per heavy atom. The minimum atomic E-state index is 1.03. The lowest BCUT2D eigenvalue weighted by Crippen LogP contribution is -2.04. The molecule has 1 N–H and O–H groups in total. The fourth-order valence-electron chi connectivity index (χ4n) is 5.57. The largest absolute Gasteiger partial charge is 0.354 e. The quantitative estimate of drug-likeness (QED) is 0.384. The first-order valence-electron chi connectivity index (χ1n) is 11.4. The lowest BCUT2D eigenvalue weighted by Gasteiger charge is -2.19. The van der Waals surface area contributed by atoms with Crippen molar-refractivity contribution in [2.24, 2.45) is 0 Å². The standard InChI is InChI=1S/C26H37NS/c1-8-15-16(9-2)18(11-4)24-22(17(15)10-3)23-21(14-7)26(28)20(13-6)19(12-5)25(23)27-24/h27-28H,8-14H2,1-7H3. The van der Waals surface area contributed by atoms with Gasteiger partial charge in [0.25, 0.3) is 0 Å². The zero-order valence-electron chi connectivity index (χ0n) is 18.9. The molecule has 0 amide bonds. The van der Waals surface area contributed by atoms with Gasteiger partial charge in [-0.1, -0.05) is 48.5 Å². The zero-order chi connectivity index (χ0) is 20.6. The summed E-state index contributed by atoms with van der Waals surface area (Å²) in [7, 11) is 0. The van der Waals surface area contributed by atoms with Crippen LogP contribution in [-0.4, -0.2) is 4.98 Å². The van der Waals surface area contributed by atoms with Crippen molar-refractivity contribution in [1.29, 1.82) is 0 Å². The van der Waals surface area contributed by atoms with Crippen molar-refractivity contribution in [3.8, 4) is 0 Å². The Kier molecular flexibility index (Phi) is 6.49. The van der Waals surface area contributed by atoms with Crippen molar-refractivity contribution >= 4 is 34.4 Å². The molecular formula is C26H37NS. The van der Waals surface area contributed by atoms with Crippen LogP contribution >= 0.6 is 12.6 Å². The van der Waals surface area contributed by atoms with E-state index in [1.54, 1.807) is 16.7 Å². The van der Waals surface area contributed by atoms with E-state index >= 15 is 0 Å². The molecule has 0 spiro atoms. The van der Waals surface area contributed by atoms with Crippen LogP contribution in [-0.2, 0) is 44.9 Å². The van der Waals surface area contributed by atoms with Crippen molar-refractivity contribution in [2.75, 3.05) is 0 Å². The van der Waals surface area contributed by atoms with Crippen molar-refractivity contribution in [2.45, 2.75) is 98.3 Å². The third-order valence-corrected chi connectivity index (χ3v) is 7.25. The number of H-pyrrole nitrogens is 1. The highest BCUT2D eigenvalue weighted by atomic mass is 32.1. The molecule has 1 nitrogen and oxygen atoms in total. The molecule has 2 aromatic carbocycles. The third-order valence-electron chi connectivity index (χ3n) is 6.71. The molecule has 3 rings (SSSR count). The Bertz CT molecular complexity index is 1020. The molecule has 3 aromatic rings. The molecule has 2 heteroatoms. The van der Waals surface area contributed by atoms with Gasteiger partial charge in [-0.25, -0.2) is 0 Å². The lowest BCUT2D eigenvalue weighted by atomic mass is 9.85. The first kappa shape index (κ1) is 21.3. The second-order valence-electron chi connectivity index (χ2n) is 7.80. The van der Waals surface area contributed by atoms with Crippen LogP contribution in [0, 0.1) is 0 Å². The molecule has 0 saturated heterocycles. The van der Waals surface area contributed by atoms with Crippen LogP contribution in [0.25, 0.3) is 21.8 Å². The van der Waals surface area contributed by atoms with Gasteiger partial charge in [-0.2, -0.15) is 0 Å². The van der Waals surface area contributed by atoms with Crippen molar-refractivity contribution in [3.63, 3.8) is 0 Å². The maximum Gasteiger partial charge on any atom is 0.0503 e. The number of rotatable bonds is 7. The summed E-state index contributed by atoms with van der Waals surface area (Å²) in [6, 6.07) is 0. The summed E-state index contributed by atoms with van der Waals surface area (Å²) in [5, 5.41) is 2.95. The zero-order valence-corrected chi connectivity index (χ0v) is 19.8. The van der Waals surface area contributed by atoms with E-state index < -0.39 is 0 Å². The molecule has 1 heterocycles. The molecular weight excluding hydrogens is 358 g/mol. The molecule has 0 saturated carbocycles. The van der Waals surface area contributed by atoms with Gasteiger partial charge >= 0.3 is 0 Å². The average Bonchev–Trinajstić information content (AvgIpc) is 3.10. The summed E-state index contributed by atoms with van der Waals surface area (Å²) in [6.07, 6.45) is 7.53. The fraction of sp³-hybridized carbons (Fsp3) is 0.538. The number of benzene rings is 2. The second kappa shape index (κ2) is 8.53. The number of thiol groups is 1. The van der Waals surface area contributed by atoms with Gasteiger partial charge in [-0.05, 0) is 83.9 Å². The summed E-state index contributed by atoms with van der Waals surface area (Å²) in [4.78, 5) is 5.19. The number of hydrogen-bond donors (Lipinski definition) is 2. The Hall–Kier alpha value is -1.41. The highest BCUT2D eigenvalue weighted by molar-refractivity contribution is 7.80. The highest BCUT2D eigenvalue weighted by Crippen LogP contribution is 2.43. The first-order chi connectivity index (χ1) is 13.5. The van der Waals surface area contributed by atoms with E-state index in [-0.39, 0.29) is 0 Å². The van der Waals surface area contributed by atoms with Crippen molar-refractivity contribution in [3.05, 3.63) is 38.9 Å². The van der Waals surface area contributed by atoms with E-state index in [0.29, 0.717) is 0 Å². The van der Waals surface area contributed by atoms with Gasteiger partial charge in [0, 0.05) is 15.7 Å². The van der Waals surface area contributed by atoms with E-state index in [0.717, 1.165) is 44.9 Å². The third kappa shape index (κ3) is 2.91. The van der Waals surface area contributed by atoms with E-state index in [2.05, 4.69) is 53.5 Å². The van der Waals surface area contributed by atoms with Gasteiger partial charge < -0.3 is 4.98 Å². The molecule has 0 fully saturated rings. The van der Waals surface area contributed by atoms with Gasteiger partial charge in [0.1, 0.15) is 0 Å². The van der Waals surface area contributed by atoms with E-state index in [1.165, 1.54) is 49.0 Å². The maximum absolute atomic E-state index is 5.06. The molecule has 0 aliphatic rings. The Labute approximate surface area is 176 Å². The number of aromatic nitrogens is 1. The summed E-state index contributed by atoms with van der Waals surface area (Å²) in [6.45, 7) is 16.1. The van der Waals surface area contributed by atoms with Crippen LogP contribution in [0.1, 0.15) is 87.4 Å². The van der Waals surface area contributed by atoms with E-state index in [9.17, 15) is 0 Å². The van der Waals surface area contributed by atoms with Crippen molar-refractivity contribution in [1.82, 2.24) is 4.98 Å². The normalized spacial score (nSPS) is 11.9. The lowest BCUT2D eigenvalue weighted by molar-refractivity contribution is 0.959. The summed E-state index contributed by atoms with van der Waals surface area (Å²) in [5.74, 6) is 0.